The lowest BCUT2D eigenvalue weighted by atomic mass is 10.0. The normalized spacial score (nSPS) is 16.8. The SMILES string of the molecule is CC(=O)Nc1ccc(C(=O)NC[C@H](CC(C)C)N2CCOCC2)s1. The van der Waals surface area contributed by atoms with Gasteiger partial charge in [0.2, 0.25) is 5.91 Å². The van der Waals surface area contributed by atoms with Crippen LogP contribution in [-0.2, 0) is 9.53 Å². The Kier molecular flexibility index (Phi) is 7.20. The summed E-state index contributed by atoms with van der Waals surface area (Å²) in [5, 5.41) is 6.44. The fraction of sp³-hybridized carbons (Fsp3) is 0.647. The minimum absolute atomic E-state index is 0.0846. The van der Waals surface area contributed by atoms with Gasteiger partial charge in [0, 0.05) is 32.6 Å². The predicted molar refractivity (Wildman–Crippen MR) is 96.6 cm³/mol. The molecule has 1 atom stereocenters. The van der Waals surface area contributed by atoms with Crippen molar-refractivity contribution < 1.29 is 14.3 Å². The van der Waals surface area contributed by atoms with Crippen molar-refractivity contribution in [2.75, 3.05) is 38.2 Å². The van der Waals surface area contributed by atoms with Gasteiger partial charge in [0.15, 0.2) is 0 Å². The summed E-state index contributed by atoms with van der Waals surface area (Å²) in [7, 11) is 0. The molecule has 2 heterocycles. The number of hydrogen-bond donors (Lipinski definition) is 2. The lowest BCUT2D eigenvalue weighted by molar-refractivity contribution is -0.114. The van der Waals surface area contributed by atoms with Crippen LogP contribution in [0.2, 0.25) is 0 Å². The molecule has 0 spiro atoms. The van der Waals surface area contributed by atoms with E-state index in [4.69, 9.17) is 4.74 Å². The van der Waals surface area contributed by atoms with E-state index in [0.29, 0.717) is 28.4 Å². The van der Waals surface area contributed by atoms with Crippen molar-refractivity contribution in [2.24, 2.45) is 5.92 Å². The maximum Gasteiger partial charge on any atom is 0.261 e. The van der Waals surface area contributed by atoms with Gasteiger partial charge >= 0.3 is 0 Å². The van der Waals surface area contributed by atoms with Crippen LogP contribution < -0.4 is 10.6 Å². The molecule has 134 valence electrons. The van der Waals surface area contributed by atoms with E-state index in [-0.39, 0.29) is 11.8 Å². The minimum atomic E-state index is -0.131. The van der Waals surface area contributed by atoms with E-state index in [2.05, 4.69) is 29.4 Å². The number of ether oxygens (including phenoxy) is 1. The summed E-state index contributed by atoms with van der Waals surface area (Å²) in [4.78, 5) is 26.4. The van der Waals surface area contributed by atoms with E-state index in [0.717, 1.165) is 32.7 Å². The molecule has 1 aliphatic rings. The van der Waals surface area contributed by atoms with Crippen LogP contribution in [-0.4, -0.2) is 55.6 Å². The zero-order valence-electron chi connectivity index (χ0n) is 14.6. The van der Waals surface area contributed by atoms with Crippen molar-refractivity contribution in [3.63, 3.8) is 0 Å². The highest BCUT2D eigenvalue weighted by Gasteiger charge is 2.23. The first-order chi connectivity index (χ1) is 11.5. The highest BCUT2D eigenvalue weighted by Crippen LogP contribution is 2.22. The fourth-order valence-corrected chi connectivity index (χ4v) is 3.72. The molecule has 1 aromatic heterocycles. The third-order valence-electron chi connectivity index (χ3n) is 3.93. The number of thiophene rings is 1. The molecule has 0 aromatic carbocycles. The van der Waals surface area contributed by atoms with E-state index < -0.39 is 0 Å². The molecule has 7 heteroatoms. The van der Waals surface area contributed by atoms with E-state index >= 15 is 0 Å². The molecule has 0 saturated carbocycles. The molecule has 24 heavy (non-hydrogen) atoms. The van der Waals surface area contributed by atoms with Gasteiger partial charge in [-0.3, -0.25) is 14.5 Å². The third kappa shape index (κ3) is 5.89. The zero-order chi connectivity index (χ0) is 17.5. The van der Waals surface area contributed by atoms with Gasteiger partial charge < -0.3 is 15.4 Å². The average Bonchev–Trinajstić information content (AvgIpc) is 2.99. The minimum Gasteiger partial charge on any atom is -0.379 e. The van der Waals surface area contributed by atoms with Crippen molar-refractivity contribution >= 4 is 28.2 Å². The number of morpholine rings is 1. The van der Waals surface area contributed by atoms with Gasteiger partial charge in [-0.05, 0) is 24.5 Å². The number of rotatable bonds is 7. The number of amides is 2. The monoisotopic (exact) mass is 353 g/mol. The molecule has 2 N–H and O–H groups in total. The lowest BCUT2D eigenvalue weighted by Crippen LogP contribution is -2.49. The number of carbonyl (C=O) groups is 2. The second-order valence-electron chi connectivity index (χ2n) is 6.49. The first-order valence-electron chi connectivity index (χ1n) is 8.43. The molecule has 2 rings (SSSR count). The van der Waals surface area contributed by atoms with Crippen molar-refractivity contribution in [2.45, 2.75) is 33.2 Å². The van der Waals surface area contributed by atoms with Crippen LogP contribution in [0.1, 0.15) is 36.9 Å². The van der Waals surface area contributed by atoms with Gasteiger partial charge in [-0.25, -0.2) is 0 Å². The van der Waals surface area contributed by atoms with Crippen molar-refractivity contribution in [1.82, 2.24) is 10.2 Å². The van der Waals surface area contributed by atoms with Gasteiger partial charge in [0.05, 0.1) is 23.1 Å². The predicted octanol–water partition coefficient (Wildman–Crippen LogP) is 2.18. The highest BCUT2D eigenvalue weighted by molar-refractivity contribution is 7.18. The van der Waals surface area contributed by atoms with Crippen molar-refractivity contribution in [3.05, 3.63) is 17.0 Å². The van der Waals surface area contributed by atoms with E-state index in [1.54, 1.807) is 12.1 Å². The fourth-order valence-electron chi connectivity index (χ4n) is 2.85. The summed E-state index contributed by atoms with van der Waals surface area (Å²) >= 11 is 1.29. The number of carbonyl (C=O) groups excluding carboxylic acids is 2. The Labute approximate surface area is 147 Å². The summed E-state index contributed by atoms with van der Waals surface area (Å²) in [6.45, 7) is 9.84. The molecular formula is C17H27N3O3S. The van der Waals surface area contributed by atoms with Gasteiger partial charge in [0.1, 0.15) is 0 Å². The highest BCUT2D eigenvalue weighted by atomic mass is 32.1. The Bertz CT molecular complexity index is 553. The van der Waals surface area contributed by atoms with Crippen molar-refractivity contribution in [3.8, 4) is 0 Å². The molecule has 0 radical (unpaired) electrons. The first-order valence-corrected chi connectivity index (χ1v) is 9.24. The van der Waals surface area contributed by atoms with Crippen LogP contribution in [0.4, 0.5) is 5.00 Å². The smallest absolute Gasteiger partial charge is 0.261 e. The molecule has 0 unspecified atom stereocenters. The van der Waals surface area contributed by atoms with Gasteiger partial charge in [-0.15, -0.1) is 11.3 Å². The topological polar surface area (TPSA) is 70.7 Å². The number of nitrogens with zero attached hydrogens (tertiary/aromatic N) is 1. The number of nitrogens with one attached hydrogen (secondary N) is 2. The summed E-state index contributed by atoms with van der Waals surface area (Å²) < 4.78 is 5.42. The molecular weight excluding hydrogens is 326 g/mol. The van der Waals surface area contributed by atoms with E-state index in [1.807, 2.05) is 0 Å². The Morgan fingerprint density at radius 1 is 1.29 bits per heavy atom. The van der Waals surface area contributed by atoms with Crippen LogP contribution in [0.5, 0.6) is 0 Å². The second-order valence-corrected chi connectivity index (χ2v) is 7.57. The Morgan fingerprint density at radius 3 is 2.62 bits per heavy atom. The van der Waals surface area contributed by atoms with E-state index in [1.165, 1.54) is 18.3 Å². The number of hydrogen-bond acceptors (Lipinski definition) is 5. The molecule has 1 saturated heterocycles. The number of anilines is 1. The molecule has 1 aromatic rings. The lowest BCUT2D eigenvalue weighted by Gasteiger charge is -2.35. The standard InChI is InChI=1S/C17H27N3O3S/c1-12(2)10-14(20-6-8-23-9-7-20)11-18-17(22)15-4-5-16(24-15)19-13(3)21/h4-5,12,14H,6-11H2,1-3H3,(H,18,22)(H,19,21)/t14-/m0/s1. The largest absolute Gasteiger partial charge is 0.379 e. The molecule has 0 bridgehead atoms. The van der Waals surface area contributed by atoms with Crippen LogP contribution in [0.25, 0.3) is 0 Å². The maximum absolute atomic E-state index is 12.4. The van der Waals surface area contributed by atoms with E-state index in [9.17, 15) is 9.59 Å². The van der Waals surface area contributed by atoms with Crippen molar-refractivity contribution in [1.29, 1.82) is 0 Å². The second kappa shape index (κ2) is 9.15. The summed E-state index contributed by atoms with van der Waals surface area (Å²) in [6.07, 6.45) is 1.04. The average molecular weight is 353 g/mol. The molecule has 6 nitrogen and oxygen atoms in total. The summed E-state index contributed by atoms with van der Waals surface area (Å²) in [5.41, 5.74) is 0. The Morgan fingerprint density at radius 2 is 2.00 bits per heavy atom. The Hall–Kier alpha value is -1.44. The molecule has 1 fully saturated rings. The van der Waals surface area contributed by atoms with Gasteiger partial charge in [-0.1, -0.05) is 13.8 Å². The van der Waals surface area contributed by atoms with Crippen LogP contribution in [0.3, 0.4) is 0 Å². The van der Waals surface area contributed by atoms with Crippen LogP contribution in [0, 0.1) is 5.92 Å². The zero-order valence-corrected chi connectivity index (χ0v) is 15.4. The van der Waals surface area contributed by atoms with Gasteiger partial charge in [-0.2, -0.15) is 0 Å². The molecule has 2 amide bonds. The Balaban J connectivity index is 1.90. The molecule has 0 aliphatic carbocycles. The third-order valence-corrected chi connectivity index (χ3v) is 4.93. The van der Waals surface area contributed by atoms with Crippen LogP contribution >= 0.6 is 11.3 Å². The molecule has 1 aliphatic heterocycles. The van der Waals surface area contributed by atoms with Crippen LogP contribution in [0.15, 0.2) is 12.1 Å². The summed E-state index contributed by atoms with van der Waals surface area (Å²) in [6, 6.07) is 3.83. The summed E-state index contributed by atoms with van der Waals surface area (Å²) in [5.74, 6) is 0.356. The first kappa shape index (κ1) is 18.9. The quantitative estimate of drug-likeness (QED) is 0.788. The van der Waals surface area contributed by atoms with Gasteiger partial charge in [0.25, 0.3) is 5.91 Å². The maximum atomic E-state index is 12.4.